The van der Waals surface area contributed by atoms with E-state index in [1.54, 1.807) is 18.6 Å². The van der Waals surface area contributed by atoms with Crippen molar-refractivity contribution in [3.05, 3.63) is 66.8 Å². The maximum atomic E-state index is 4.67. The second-order valence-electron chi connectivity index (χ2n) is 6.46. The van der Waals surface area contributed by atoms with E-state index in [1.807, 2.05) is 24.4 Å². The van der Waals surface area contributed by atoms with Gasteiger partial charge in [-0.3, -0.25) is 10.4 Å². The number of hydrogen-bond acceptors (Lipinski definition) is 8. The average molecular weight is 360 g/mol. The molecule has 3 aromatic heterocycles. The largest absolute Gasteiger partial charge is 0.352 e. The number of aromatic nitrogens is 4. The van der Waals surface area contributed by atoms with Crippen LogP contribution >= 0.6 is 0 Å². The maximum absolute atomic E-state index is 4.67. The van der Waals surface area contributed by atoms with E-state index in [-0.39, 0.29) is 0 Å². The summed E-state index contributed by atoms with van der Waals surface area (Å²) in [7, 11) is 0. The summed E-state index contributed by atoms with van der Waals surface area (Å²) in [6.45, 7) is 4.30. The fourth-order valence-corrected chi connectivity index (χ4v) is 2.66. The lowest BCUT2D eigenvalue weighted by Crippen LogP contribution is -2.33. The molecule has 3 aromatic rings. The Morgan fingerprint density at radius 2 is 1.81 bits per heavy atom. The minimum absolute atomic E-state index is 0.431. The number of allylic oxidation sites excluding steroid dienone is 2. The molecule has 0 amide bonds. The predicted octanol–water partition coefficient (Wildman–Crippen LogP) is 3.06. The zero-order chi connectivity index (χ0) is 18.6. The van der Waals surface area contributed by atoms with Gasteiger partial charge in [0, 0.05) is 6.20 Å². The first kappa shape index (κ1) is 16.8. The topological polar surface area (TPSA) is 99.7 Å². The Hall–Kier alpha value is -3.68. The number of pyridine rings is 2. The normalized spacial score (nSPS) is 13.4. The number of hydrogen-bond donors (Lipinski definition) is 4. The molecule has 0 saturated carbocycles. The smallest absolute Gasteiger partial charge is 0.132 e. The summed E-state index contributed by atoms with van der Waals surface area (Å²) < 4.78 is 0. The molecule has 1 aliphatic rings. The van der Waals surface area contributed by atoms with Gasteiger partial charge in [-0.1, -0.05) is 13.8 Å². The minimum Gasteiger partial charge on any atom is -0.352 e. The van der Waals surface area contributed by atoms with Gasteiger partial charge in [0.05, 0.1) is 41.0 Å². The number of nitrogens with zero attached hydrogens (tertiary/aromatic N) is 4. The molecule has 27 heavy (non-hydrogen) atoms. The first-order valence-corrected chi connectivity index (χ1v) is 8.66. The molecule has 0 spiro atoms. The van der Waals surface area contributed by atoms with Crippen LogP contribution in [0.2, 0.25) is 0 Å². The van der Waals surface area contributed by atoms with E-state index in [1.165, 1.54) is 11.9 Å². The van der Waals surface area contributed by atoms with Crippen molar-refractivity contribution in [3.63, 3.8) is 0 Å². The van der Waals surface area contributed by atoms with E-state index in [2.05, 4.69) is 61.3 Å². The molecular weight excluding hydrogens is 340 g/mol. The van der Waals surface area contributed by atoms with Crippen molar-refractivity contribution in [2.45, 2.75) is 13.8 Å². The van der Waals surface area contributed by atoms with Gasteiger partial charge in [-0.2, -0.15) is 0 Å². The fourth-order valence-electron chi connectivity index (χ4n) is 2.66. The van der Waals surface area contributed by atoms with E-state index >= 15 is 0 Å². The van der Waals surface area contributed by atoms with Gasteiger partial charge in [-0.15, -0.1) is 0 Å². The zero-order valence-electron chi connectivity index (χ0n) is 15.1. The van der Waals surface area contributed by atoms with Crippen molar-refractivity contribution in [1.82, 2.24) is 30.8 Å². The fraction of sp³-hybridized carbons (Fsp3) is 0.158. The van der Waals surface area contributed by atoms with E-state index in [4.69, 9.17) is 0 Å². The highest BCUT2D eigenvalue weighted by Crippen LogP contribution is 2.21. The first-order valence-electron chi connectivity index (χ1n) is 8.66. The van der Waals surface area contributed by atoms with Crippen LogP contribution in [0, 0.1) is 5.92 Å². The molecule has 0 aliphatic carbocycles. The summed E-state index contributed by atoms with van der Waals surface area (Å²) >= 11 is 0. The highest BCUT2D eigenvalue weighted by atomic mass is 15.4. The maximum Gasteiger partial charge on any atom is 0.132 e. The second-order valence-corrected chi connectivity index (χ2v) is 6.46. The summed E-state index contributed by atoms with van der Waals surface area (Å²) in [6.07, 6.45) is 10.7. The van der Waals surface area contributed by atoms with Crippen LogP contribution in [0.25, 0.3) is 11.0 Å². The summed E-state index contributed by atoms with van der Waals surface area (Å²) in [5.74, 6) is 2.01. The molecule has 8 nitrogen and oxygen atoms in total. The summed E-state index contributed by atoms with van der Waals surface area (Å²) in [5, 5.41) is 6.52. The molecule has 4 heterocycles. The van der Waals surface area contributed by atoms with Gasteiger partial charge in [-0.05, 0) is 35.8 Å². The molecule has 0 aromatic carbocycles. The van der Waals surface area contributed by atoms with Crippen LogP contribution in [0.1, 0.15) is 13.8 Å². The highest BCUT2D eigenvalue weighted by molar-refractivity contribution is 5.80. The monoisotopic (exact) mass is 360 g/mol. The lowest BCUT2D eigenvalue weighted by atomic mass is 10.0. The van der Waals surface area contributed by atoms with Crippen molar-refractivity contribution in [2.24, 2.45) is 5.92 Å². The van der Waals surface area contributed by atoms with Gasteiger partial charge >= 0.3 is 0 Å². The predicted molar refractivity (Wildman–Crippen MR) is 106 cm³/mol. The quantitative estimate of drug-likeness (QED) is 0.551. The van der Waals surface area contributed by atoms with Crippen molar-refractivity contribution >= 4 is 28.2 Å². The van der Waals surface area contributed by atoms with Crippen LogP contribution in [0.4, 0.5) is 17.2 Å². The molecule has 0 unspecified atom stereocenters. The molecule has 0 bridgehead atoms. The summed E-state index contributed by atoms with van der Waals surface area (Å²) in [6, 6.07) is 5.79. The van der Waals surface area contributed by atoms with Crippen LogP contribution in [-0.4, -0.2) is 19.9 Å². The molecule has 1 aliphatic heterocycles. The Kier molecular flexibility index (Phi) is 4.52. The number of rotatable bonds is 5. The first-order chi connectivity index (χ1) is 13.2. The molecule has 0 radical (unpaired) electrons. The molecule has 4 N–H and O–H groups in total. The Labute approximate surface area is 156 Å². The molecule has 4 rings (SSSR count). The molecule has 0 atom stereocenters. The van der Waals surface area contributed by atoms with Crippen molar-refractivity contribution in [1.29, 1.82) is 0 Å². The van der Waals surface area contributed by atoms with Crippen LogP contribution in [0.5, 0.6) is 0 Å². The average Bonchev–Trinajstić information content (AvgIpc) is 2.69. The van der Waals surface area contributed by atoms with Crippen molar-refractivity contribution in [2.75, 3.05) is 10.6 Å². The third-order valence-corrected chi connectivity index (χ3v) is 4.07. The highest BCUT2D eigenvalue weighted by Gasteiger charge is 2.09. The van der Waals surface area contributed by atoms with Crippen LogP contribution < -0.4 is 21.5 Å². The van der Waals surface area contributed by atoms with E-state index in [9.17, 15) is 0 Å². The summed E-state index contributed by atoms with van der Waals surface area (Å²) in [5.41, 5.74) is 10.6. The number of nitrogens with one attached hydrogen (secondary N) is 4. The van der Waals surface area contributed by atoms with Gasteiger partial charge in [0.1, 0.15) is 18.0 Å². The molecule has 136 valence electrons. The van der Waals surface area contributed by atoms with Gasteiger partial charge in [-0.25, -0.2) is 15.0 Å². The van der Waals surface area contributed by atoms with Gasteiger partial charge in [0.25, 0.3) is 0 Å². The van der Waals surface area contributed by atoms with Gasteiger partial charge in [0.15, 0.2) is 0 Å². The number of hydrazine groups is 1. The van der Waals surface area contributed by atoms with Gasteiger partial charge in [0.2, 0.25) is 0 Å². The SMILES string of the molecule is CC(C)C1=CNNC(Nc2ccc3ncc(Nc4cncnc4)cc3n2)=C1. The van der Waals surface area contributed by atoms with Crippen molar-refractivity contribution in [3.8, 4) is 0 Å². The standard InChI is InChI=1S/C19H20N8/c1-12(2)13-5-19(27-23-7-13)26-18-4-3-16-17(25-18)6-14(10-22-16)24-15-8-20-11-21-9-15/h3-12,23-24,27H,1-2H3,(H,25,26). The van der Waals surface area contributed by atoms with Crippen LogP contribution in [-0.2, 0) is 0 Å². The molecule has 0 saturated heterocycles. The zero-order valence-corrected chi connectivity index (χ0v) is 15.1. The second kappa shape index (κ2) is 7.28. The lowest BCUT2D eigenvalue weighted by Gasteiger charge is -2.20. The molecule has 8 heteroatoms. The van der Waals surface area contributed by atoms with Crippen molar-refractivity contribution < 1.29 is 0 Å². The van der Waals surface area contributed by atoms with E-state index in [0.717, 1.165) is 34.0 Å². The lowest BCUT2D eigenvalue weighted by molar-refractivity contribution is 0.677. The van der Waals surface area contributed by atoms with Crippen LogP contribution in [0.15, 0.2) is 66.8 Å². The molecular formula is C19H20N8. The number of fused-ring (bicyclic) bond motifs is 1. The Morgan fingerprint density at radius 3 is 2.63 bits per heavy atom. The van der Waals surface area contributed by atoms with E-state index < -0.39 is 0 Å². The van der Waals surface area contributed by atoms with Gasteiger partial charge < -0.3 is 16.1 Å². The third-order valence-electron chi connectivity index (χ3n) is 4.07. The summed E-state index contributed by atoms with van der Waals surface area (Å²) in [4.78, 5) is 17.1. The van der Waals surface area contributed by atoms with E-state index in [0.29, 0.717) is 5.92 Å². The third kappa shape index (κ3) is 3.95. The Morgan fingerprint density at radius 1 is 0.963 bits per heavy atom. The van der Waals surface area contributed by atoms with Crippen LogP contribution in [0.3, 0.4) is 0 Å². The molecule has 0 fully saturated rings. The Balaban J connectivity index is 1.57. The minimum atomic E-state index is 0.431. The Bertz CT molecular complexity index is 1010. The number of anilines is 3.